The van der Waals surface area contributed by atoms with Gasteiger partial charge in [0, 0.05) is 11.8 Å². The third kappa shape index (κ3) is 5.25. The van der Waals surface area contributed by atoms with E-state index in [0.717, 1.165) is 17.9 Å². The Labute approximate surface area is 172 Å². The molecule has 0 aliphatic rings. The van der Waals surface area contributed by atoms with Crippen molar-refractivity contribution in [1.29, 1.82) is 0 Å². The maximum atomic E-state index is 12.3. The minimum Gasteiger partial charge on any atom is -0.497 e. The molecule has 0 unspecified atom stereocenters. The van der Waals surface area contributed by atoms with E-state index in [2.05, 4.69) is 5.32 Å². The fourth-order valence-corrected chi connectivity index (χ4v) is 2.98. The highest BCUT2D eigenvalue weighted by Crippen LogP contribution is 2.16. The van der Waals surface area contributed by atoms with Crippen molar-refractivity contribution in [3.8, 4) is 11.5 Å². The standard InChI is InChI=1S/C20H18N2O7S/c1-27-15-4-2-3-13(9-15)11-28-19-12-29-18(10-17(19)23)20(24)22-14-5-7-16(8-6-14)30(21,25)26/h2-10,12H,11H2,1H3,(H,22,24)(H2,21,25,26). The summed E-state index contributed by atoms with van der Waals surface area (Å²) < 4.78 is 38.3. The molecule has 0 aliphatic carbocycles. The number of ether oxygens (including phenoxy) is 2. The number of hydrogen-bond donors (Lipinski definition) is 2. The number of carbonyl (C=O) groups is 1. The van der Waals surface area contributed by atoms with E-state index in [4.69, 9.17) is 19.0 Å². The van der Waals surface area contributed by atoms with Crippen LogP contribution in [0.25, 0.3) is 0 Å². The summed E-state index contributed by atoms with van der Waals surface area (Å²) in [6.07, 6.45) is 1.06. The van der Waals surface area contributed by atoms with Gasteiger partial charge in [0.25, 0.3) is 5.91 Å². The predicted molar refractivity (Wildman–Crippen MR) is 108 cm³/mol. The molecule has 0 bridgehead atoms. The number of hydrogen-bond acceptors (Lipinski definition) is 7. The maximum absolute atomic E-state index is 12.3. The smallest absolute Gasteiger partial charge is 0.291 e. The molecule has 0 fully saturated rings. The number of benzene rings is 2. The second-order valence-electron chi connectivity index (χ2n) is 6.14. The van der Waals surface area contributed by atoms with E-state index >= 15 is 0 Å². The minimum atomic E-state index is -3.83. The van der Waals surface area contributed by atoms with Crippen molar-refractivity contribution in [1.82, 2.24) is 0 Å². The Kier molecular flexibility index (Phi) is 6.19. The first-order chi connectivity index (χ1) is 14.3. The van der Waals surface area contributed by atoms with Gasteiger partial charge < -0.3 is 19.2 Å². The van der Waals surface area contributed by atoms with Crippen molar-refractivity contribution >= 4 is 21.6 Å². The van der Waals surface area contributed by atoms with E-state index in [0.29, 0.717) is 11.4 Å². The summed E-state index contributed by atoms with van der Waals surface area (Å²) in [7, 11) is -2.29. The Bertz CT molecular complexity index is 1220. The van der Waals surface area contributed by atoms with Gasteiger partial charge in [-0.15, -0.1) is 0 Å². The Balaban J connectivity index is 1.66. The largest absolute Gasteiger partial charge is 0.497 e. The van der Waals surface area contributed by atoms with Gasteiger partial charge in [0.1, 0.15) is 18.6 Å². The number of amides is 1. The van der Waals surface area contributed by atoms with Crippen LogP contribution >= 0.6 is 0 Å². The third-order valence-corrected chi connectivity index (χ3v) is 4.92. The second kappa shape index (κ2) is 8.80. The number of methoxy groups -OCH3 is 1. The number of carbonyl (C=O) groups excluding carboxylic acids is 1. The zero-order chi connectivity index (χ0) is 21.7. The van der Waals surface area contributed by atoms with E-state index in [1.165, 1.54) is 24.3 Å². The molecular weight excluding hydrogens is 412 g/mol. The molecule has 0 aliphatic heterocycles. The molecule has 1 aromatic heterocycles. The molecule has 1 heterocycles. The summed E-state index contributed by atoms with van der Waals surface area (Å²) in [5.41, 5.74) is 0.561. The van der Waals surface area contributed by atoms with Crippen LogP contribution < -0.4 is 25.4 Å². The number of anilines is 1. The number of nitrogens with two attached hydrogens (primary N) is 1. The van der Waals surface area contributed by atoms with Crippen LogP contribution in [0.4, 0.5) is 5.69 Å². The van der Waals surface area contributed by atoms with Gasteiger partial charge in [0.05, 0.1) is 12.0 Å². The van der Waals surface area contributed by atoms with Crippen LogP contribution in [0.15, 0.2) is 75.0 Å². The Morgan fingerprint density at radius 1 is 1.13 bits per heavy atom. The van der Waals surface area contributed by atoms with E-state index in [9.17, 15) is 18.0 Å². The van der Waals surface area contributed by atoms with Gasteiger partial charge in [0.2, 0.25) is 21.2 Å². The van der Waals surface area contributed by atoms with Crippen molar-refractivity contribution in [2.45, 2.75) is 11.5 Å². The first-order valence-electron chi connectivity index (χ1n) is 8.59. The van der Waals surface area contributed by atoms with Crippen LogP contribution in [0.3, 0.4) is 0 Å². The van der Waals surface area contributed by atoms with Gasteiger partial charge in [-0.2, -0.15) is 0 Å². The van der Waals surface area contributed by atoms with Crippen LogP contribution in [0.2, 0.25) is 0 Å². The average Bonchev–Trinajstić information content (AvgIpc) is 2.72. The Morgan fingerprint density at radius 2 is 1.87 bits per heavy atom. The number of nitrogens with one attached hydrogen (secondary N) is 1. The number of primary sulfonamides is 1. The van der Waals surface area contributed by atoms with Crippen LogP contribution in [-0.2, 0) is 16.6 Å². The van der Waals surface area contributed by atoms with Gasteiger partial charge in [0.15, 0.2) is 5.76 Å². The molecule has 30 heavy (non-hydrogen) atoms. The molecule has 3 rings (SSSR count). The van der Waals surface area contributed by atoms with E-state index < -0.39 is 21.4 Å². The minimum absolute atomic E-state index is 0.0492. The van der Waals surface area contributed by atoms with Crippen molar-refractivity contribution in [3.63, 3.8) is 0 Å². The lowest BCUT2D eigenvalue weighted by Crippen LogP contribution is -2.16. The predicted octanol–water partition coefficient (Wildman–Crippen LogP) is 2.13. The Morgan fingerprint density at radius 3 is 2.50 bits per heavy atom. The van der Waals surface area contributed by atoms with Gasteiger partial charge in [-0.3, -0.25) is 9.59 Å². The van der Waals surface area contributed by atoms with Crippen LogP contribution in [0.5, 0.6) is 11.5 Å². The summed E-state index contributed by atoms with van der Waals surface area (Å²) >= 11 is 0. The summed E-state index contributed by atoms with van der Waals surface area (Å²) in [4.78, 5) is 24.4. The molecule has 0 saturated heterocycles. The third-order valence-electron chi connectivity index (χ3n) is 3.99. The topological polar surface area (TPSA) is 138 Å². The van der Waals surface area contributed by atoms with E-state index in [1.807, 2.05) is 6.07 Å². The normalized spacial score (nSPS) is 11.0. The fourth-order valence-electron chi connectivity index (χ4n) is 2.47. The fraction of sp³-hybridized carbons (Fsp3) is 0.100. The lowest BCUT2D eigenvalue weighted by molar-refractivity contribution is 0.0993. The van der Waals surface area contributed by atoms with Crippen molar-refractivity contribution in [2.24, 2.45) is 5.14 Å². The highest BCUT2D eigenvalue weighted by Gasteiger charge is 2.14. The van der Waals surface area contributed by atoms with Gasteiger partial charge >= 0.3 is 0 Å². The monoisotopic (exact) mass is 430 g/mol. The average molecular weight is 430 g/mol. The molecule has 0 spiro atoms. The molecule has 3 N–H and O–H groups in total. The molecular formula is C20H18N2O7S. The molecule has 1 amide bonds. The van der Waals surface area contributed by atoms with Crippen LogP contribution in [0.1, 0.15) is 16.1 Å². The quantitative estimate of drug-likeness (QED) is 0.585. The molecule has 3 aromatic rings. The van der Waals surface area contributed by atoms with Crippen molar-refractivity contribution in [3.05, 3.63) is 82.4 Å². The van der Waals surface area contributed by atoms with Gasteiger partial charge in [-0.1, -0.05) is 12.1 Å². The van der Waals surface area contributed by atoms with E-state index in [-0.39, 0.29) is 23.0 Å². The van der Waals surface area contributed by atoms with Crippen molar-refractivity contribution < 1.29 is 27.1 Å². The summed E-state index contributed by atoms with van der Waals surface area (Å²) in [6.45, 7) is 0.115. The zero-order valence-electron chi connectivity index (χ0n) is 15.8. The molecule has 0 atom stereocenters. The summed E-state index contributed by atoms with van der Waals surface area (Å²) in [5.74, 6) is -0.307. The lowest BCUT2D eigenvalue weighted by Gasteiger charge is -2.08. The van der Waals surface area contributed by atoms with Gasteiger partial charge in [-0.05, 0) is 42.0 Å². The van der Waals surface area contributed by atoms with Crippen LogP contribution in [0, 0.1) is 0 Å². The first-order valence-corrected chi connectivity index (χ1v) is 10.1. The second-order valence-corrected chi connectivity index (χ2v) is 7.70. The van der Waals surface area contributed by atoms with Gasteiger partial charge in [-0.25, -0.2) is 13.6 Å². The lowest BCUT2D eigenvalue weighted by atomic mass is 10.2. The van der Waals surface area contributed by atoms with E-state index in [1.54, 1.807) is 25.3 Å². The summed E-state index contributed by atoms with van der Waals surface area (Å²) in [5, 5.41) is 7.52. The molecule has 0 radical (unpaired) electrons. The number of rotatable bonds is 7. The SMILES string of the molecule is COc1cccc(COc2coc(C(=O)Nc3ccc(S(N)(=O)=O)cc3)cc2=O)c1. The zero-order valence-corrected chi connectivity index (χ0v) is 16.6. The number of sulfonamides is 1. The molecule has 9 nitrogen and oxygen atoms in total. The maximum Gasteiger partial charge on any atom is 0.291 e. The first kappa shape index (κ1) is 21.1. The Hall–Kier alpha value is -3.63. The van der Waals surface area contributed by atoms with Crippen molar-refractivity contribution in [2.75, 3.05) is 12.4 Å². The molecule has 156 valence electrons. The molecule has 10 heteroatoms. The molecule has 2 aromatic carbocycles. The molecule has 0 saturated carbocycles. The summed E-state index contributed by atoms with van der Waals surface area (Å²) in [6, 6.07) is 13.4. The highest BCUT2D eigenvalue weighted by molar-refractivity contribution is 7.89. The highest BCUT2D eigenvalue weighted by atomic mass is 32.2. The van der Waals surface area contributed by atoms with Crippen LogP contribution in [-0.4, -0.2) is 21.4 Å².